The molecular weight excluding hydrogens is 384 g/mol. The molecule has 2 aliphatic rings. The van der Waals surface area contributed by atoms with E-state index in [0.29, 0.717) is 50.6 Å². The molecule has 1 aromatic heterocycles. The Morgan fingerprint density at radius 1 is 0.900 bits per heavy atom. The largest absolute Gasteiger partial charge is 0.334 e. The Bertz CT molecular complexity index is 955. The summed E-state index contributed by atoms with van der Waals surface area (Å²) < 4.78 is 0. The van der Waals surface area contributed by atoms with Crippen LogP contribution in [0.25, 0.3) is 0 Å². The maximum atomic E-state index is 12.9. The first-order valence-electron chi connectivity index (χ1n) is 9.88. The minimum Gasteiger partial charge on any atom is -0.334 e. The standard InChI is InChI=1S/C21H22N6O3/c28-19-7-6-17(24-27(19)15-16-4-2-1-3-5-16)20(29)25-10-12-26(13-11-25)21(30)18-14-22-8-9-23-18/h1-5,8-9,14H,6-7,10-13,15H2. The lowest BCUT2D eigenvalue weighted by atomic mass is 10.1. The highest BCUT2D eigenvalue weighted by atomic mass is 16.2. The highest BCUT2D eigenvalue weighted by molar-refractivity contribution is 6.39. The van der Waals surface area contributed by atoms with Crippen LogP contribution in [0.1, 0.15) is 28.9 Å². The molecule has 3 amide bonds. The third kappa shape index (κ3) is 4.35. The predicted octanol–water partition coefficient (Wildman–Crippen LogP) is 0.940. The van der Waals surface area contributed by atoms with Crippen LogP contribution in [0, 0.1) is 0 Å². The first kappa shape index (κ1) is 19.7. The lowest BCUT2D eigenvalue weighted by molar-refractivity contribution is -0.132. The van der Waals surface area contributed by atoms with Gasteiger partial charge in [-0.05, 0) is 5.56 Å². The van der Waals surface area contributed by atoms with E-state index >= 15 is 0 Å². The van der Waals surface area contributed by atoms with Crippen molar-refractivity contribution in [2.24, 2.45) is 5.10 Å². The van der Waals surface area contributed by atoms with Crippen molar-refractivity contribution in [2.45, 2.75) is 19.4 Å². The quantitative estimate of drug-likeness (QED) is 0.753. The third-order valence-electron chi connectivity index (χ3n) is 5.16. The van der Waals surface area contributed by atoms with Crippen molar-refractivity contribution >= 4 is 23.4 Å². The van der Waals surface area contributed by atoms with E-state index in [4.69, 9.17) is 0 Å². The van der Waals surface area contributed by atoms with Crippen molar-refractivity contribution in [3.63, 3.8) is 0 Å². The molecule has 2 aromatic rings. The summed E-state index contributed by atoms with van der Waals surface area (Å²) in [6.45, 7) is 2.01. The van der Waals surface area contributed by atoms with E-state index in [1.807, 2.05) is 30.3 Å². The zero-order valence-electron chi connectivity index (χ0n) is 16.5. The summed E-state index contributed by atoms with van der Waals surface area (Å²) in [6, 6.07) is 9.57. The normalized spacial score (nSPS) is 17.0. The van der Waals surface area contributed by atoms with Gasteiger partial charge in [-0.3, -0.25) is 19.4 Å². The second-order valence-electron chi connectivity index (χ2n) is 7.16. The number of benzene rings is 1. The zero-order valence-corrected chi connectivity index (χ0v) is 16.5. The lowest BCUT2D eigenvalue weighted by Gasteiger charge is -2.35. The number of hydrazone groups is 1. The topological polar surface area (TPSA) is 99.1 Å². The fourth-order valence-electron chi connectivity index (χ4n) is 3.50. The molecule has 0 unspecified atom stereocenters. The van der Waals surface area contributed by atoms with E-state index in [1.165, 1.54) is 23.6 Å². The van der Waals surface area contributed by atoms with Crippen molar-refractivity contribution in [1.29, 1.82) is 0 Å². The molecule has 9 heteroatoms. The van der Waals surface area contributed by atoms with Crippen LogP contribution in [0.3, 0.4) is 0 Å². The van der Waals surface area contributed by atoms with Crippen molar-refractivity contribution in [1.82, 2.24) is 24.8 Å². The Morgan fingerprint density at radius 2 is 1.60 bits per heavy atom. The number of hydrogen-bond donors (Lipinski definition) is 0. The molecule has 3 heterocycles. The predicted molar refractivity (Wildman–Crippen MR) is 108 cm³/mol. The number of amides is 3. The smallest absolute Gasteiger partial charge is 0.274 e. The molecule has 2 aliphatic heterocycles. The van der Waals surface area contributed by atoms with Gasteiger partial charge in [0.15, 0.2) is 0 Å². The van der Waals surface area contributed by atoms with Gasteiger partial charge in [0.25, 0.3) is 11.8 Å². The number of carbonyl (C=O) groups is 3. The van der Waals surface area contributed by atoms with Gasteiger partial charge in [-0.2, -0.15) is 5.10 Å². The molecule has 0 radical (unpaired) electrons. The van der Waals surface area contributed by atoms with Gasteiger partial charge in [-0.15, -0.1) is 0 Å². The van der Waals surface area contributed by atoms with Gasteiger partial charge in [0.1, 0.15) is 11.4 Å². The maximum Gasteiger partial charge on any atom is 0.274 e. The molecule has 0 aliphatic carbocycles. The summed E-state index contributed by atoms with van der Waals surface area (Å²) in [5, 5.41) is 5.72. The Labute approximate surface area is 174 Å². The molecule has 9 nitrogen and oxygen atoms in total. The first-order chi connectivity index (χ1) is 14.6. The fraction of sp³-hybridized carbons (Fsp3) is 0.333. The number of rotatable bonds is 4. The Morgan fingerprint density at radius 3 is 2.27 bits per heavy atom. The molecule has 1 fully saturated rings. The van der Waals surface area contributed by atoms with Crippen molar-refractivity contribution in [2.75, 3.05) is 26.2 Å². The summed E-state index contributed by atoms with van der Waals surface area (Å²) in [6.07, 6.45) is 5.04. The minimum absolute atomic E-state index is 0.0882. The van der Waals surface area contributed by atoms with Gasteiger partial charge >= 0.3 is 0 Å². The molecule has 30 heavy (non-hydrogen) atoms. The molecule has 0 spiro atoms. The van der Waals surface area contributed by atoms with Crippen molar-refractivity contribution < 1.29 is 14.4 Å². The minimum atomic E-state index is -0.190. The highest BCUT2D eigenvalue weighted by Gasteiger charge is 2.31. The van der Waals surface area contributed by atoms with Gasteiger partial charge in [-0.1, -0.05) is 30.3 Å². The lowest BCUT2D eigenvalue weighted by Crippen LogP contribution is -2.53. The SMILES string of the molecule is O=C(C1=NN(Cc2ccccc2)C(=O)CC1)N1CCN(C(=O)c2cnccn2)CC1. The van der Waals surface area contributed by atoms with Gasteiger partial charge < -0.3 is 9.80 Å². The van der Waals surface area contributed by atoms with Gasteiger partial charge in [0.2, 0.25) is 5.91 Å². The van der Waals surface area contributed by atoms with E-state index in [2.05, 4.69) is 15.1 Å². The summed E-state index contributed by atoms with van der Waals surface area (Å²) in [5.74, 6) is -0.452. The van der Waals surface area contributed by atoms with Crippen LogP contribution in [0.5, 0.6) is 0 Å². The molecule has 1 saturated heterocycles. The monoisotopic (exact) mass is 406 g/mol. The van der Waals surface area contributed by atoms with E-state index in [0.717, 1.165) is 5.56 Å². The van der Waals surface area contributed by atoms with Crippen LogP contribution in [0.4, 0.5) is 0 Å². The number of aromatic nitrogens is 2. The van der Waals surface area contributed by atoms with Crippen LogP contribution >= 0.6 is 0 Å². The summed E-state index contributed by atoms with van der Waals surface area (Å²) in [5.41, 5.74) is 1.64. The van der Waals surface area contributed by atoms with Crippen molar-refractivity contribution in [3.05, 3.63) is 60.2 Å². The Kier molecular flexibility index (Phi) is 5.78. The molecule has 154 valence electrons. The second kappa shape index (κ2) is 8.81. The first-order valence-corrected chi connectivity index (χ1v) is 9.88. The zero-order chi connectivity index (χ0) is 20.9. The van der Waals surface area contributed by atoms with Crippen LogP contribution < -0.4 is 0 Å². The third-order valence-corrected chi connectivity index (χ3v) is 5.16. The van der Waals surface area contributed by atoms with Gasteiger partial charge in [-0.25, -0.2) is 9.99 Å². The second-order valence-corrected chi connectivity index (χ2v) is 7.16. The van der Waals surface area contributed by atoms with E-state index < -0.39 is 0 Å². The average molecular weight is 406 g/mol. The van der Waals surface area contributed by atoms with Crippen molar-refractivity contribution in [3.8, 4) is 0 Å². The summed E-state index contributed by atoms with van der Waals surface area (Å²) in [4.78, 5) is 49.0. The molecule has 0 atom stereocenters. The molecule has 1 aromatic carbocycles. The fourth-order valence-corrected chi connectivity index (χ4v) is 3.50. The average Bonchev–Trinajstić information content (AvgIpc) is 2.81. The van der Waals surface area contributed by atoms with Gasteiger partial charge in [0.05, 0.1) is 12.7 Å². The van der Waals surface area contributed by atoms with Crippen LogP contribution in [-0.2, 0) is 16.1 Å². The number of carbonyl (C=O) groups excluding carboxylic acids is 3. The number of nitrogens with zero attached hydrogens (tertiary/aromatic N) is 6. The highest BCUT2D eigenvalue weighted by Crippen LogP contribution is 2.16. The Hall–Kier alpha value is -3.62. The van der Waals surface area contributed by atoms with E-state index in [1.54, 1.807) is 9.80 Å². The van der Waals surface area contributed by atoms with Crippen LogP contribution in [0.2, 0.25) is 0 Å². The molecular formula is C21H22N6O3. The molecule has 0 N–H and O–H groups in total. The maximum absolute atomic E-state index is 12.9. The van der Waals surface area contributed by atoms with Gasteiger partial charge in [0, 0.05) is 51.4 Å². The molecule has 0 saturated carbocycles. The summed E-state index contributed by atoms with van der Waals surface area (Å²) >= 11 is 0. The van der Waals surface area contributed by atoms with E-state index in [-0.39, 0.29) is 24.1 Å². The Balaban J connectivity index is 1.38. The number of hydrogen-bond acceptors (Lipinski definition) is 6. The van der Waals surface area contributed by atoms with Crippen LogP contribution in [-0.4, -0.2) is 74.4 Å². The van der Waals surface area contributed by atoms with Crippen LogP contribution in [0.15, 0.2) is 54.0 Å². The molecule has 0 bridgehead atoms. The molecule has 4 rings (SSSR count). The summed E-state index contributed by atoms with van der Waals surface area (Å²) in [7, 11) is 0. The van der Waals surface area contributed by atoms with E-state index in [9.17, 15) is 14.4 Å². The number of piperazine rings is 1.